The third-order valence-corrected chi connectivity index (χ3v) is 5.30. The van der Waals surface area contributed by atoms with Crippen molar-refractivity contribution in [2.24, 2.45) is 0 Å². The second kappa shape index (κ2) is 6.91. The molecule has 0 saturated carbocycles. The van der Waals surface area contributed by atoms with E-state index >= 15 is 0 Å². The average molecular weight is 382 g/mol. The van der Waals surface area contributed by atoms with E-state index in [2.05, 4.69) is 85.3 Å². The van der Waals surface area contributed by atoms with Crippen molar-refractivity contribution >= 4 is 32.5 Å². The van der Waals surface area contributed by atoms with Crippen LogP contribution in [0, 0.1) is 0 Å². The van der Waals surface area contributed by atoms with E-state index in [1.54, 1.807) is 0 Å². The Hall–Kier alpha value is -1.91. The monoisotopic (exact) mass is 381 g/mol. The van der Waals surface area contributed by atoms with Crippen molar-refractivity contribution in [3.8, 4) is 0 Å². The number of fused-ring (bicyclic) bond motifs is 1. The first-order valence-electron chi connectivity index (χ1n) is 8.36. The first-order chi connectivity index (χ1) is 11.8. The summed E-state index contributed by atoms with van der Waals surface area (Å²) in [7, 11) is 0. The van der Waals surface area contributed by atoms with Crippen LogP contribution in [0.5, 0.6) is 0 Å². The van der Waals surface area contributed by atoms with Gasteiger partial charge in [-0.3, -0.25) is 9.88 Å². The van der Waals surface area contributed by atoms with Crippen molar-refractivity contribution in [1.82, 2.24) is 9.88 Å². The zero-order chi connectivity index (χ0) is 16.4. The number of hydrogen-bond acceptors (Lipinski definition) is 3. The highest BCUT2D eigenvalue weighted by Gasteiger charge is 2.19. The minimum atomic E-state index is 1.04. The fourth-order valence-corrected chi connectivity index (χ4v) is 3.86. The van der Waals surface area contributed by atoms with Crippen LogP contribution in [0.1, 0.15) is 5.56 Å². The molecule has 1 fully saturated rings. The summed E-state index contributed by atoms with van der Waals surface area (Å²) in [6.45, 7) is 5.33. The van der Waals surface area contributed by atoms with Crippen LogP contribution < -0.4 is 4.90 Å². The highest BCUT2D eigenvalue weighted by Crippen LogP contribution is 2.30. The predicted octanol–water partition coefficient (Wildman–Crippen LogP) is 4.32. The average Bonchev–Trinajstić information content (AvgIpc) is 2.63. The van der Waals surface area contributed by atoms with Crippen molar-refractivity contribution in [3.05, 3.63) is 70.8 Å². The lowest BCUT2D eigenvalue weighted by atomic mass is 10.1. The lowest BCUT2D eigenvalue weighted by Crippen LogP contribution is -2.46. The van der Waals surface area contributed by atoms with Gasteiger partial charge in [-0.2, -0.15) is 0 Å². The minimum absolute atomic E-state index is 1.04. The van der Waals surface area contributed by atoms with Crippen molar-refractivity contribution < 1.29 is 0 Å². The Labute approximate surface area is 151 Å². The molecule has 1 aliphatic rings. The van der Waals surface area contributed by atoms with Gasteiger partial charge in [0.1, 0.15) is 0 Å². The topological polar surface area (TPSA) is 19.4 Å². The molecule has 0 spiro atoms. The molecular formula is C20H20BrN3. The largest absolute Gasteiger partial charge is 0.368 e. The van der Waals surface area contributed by atoms with E-state index in [4.69, 9.17) is 0 Å². The normalized spacial score (nSPS) is 15.8. The van der Waals surface area contributed by atoms with Crippen LogP contribution in [-0.4, -0.2) is 36.1 Å². The smallest absolute Gasteiger partial charge is 0.0864 e. The van der Waals surface area contributed by atoms with Crippen LogP contribution >= 0.6 is 15.9 Å². The Kier molecular flexibility index (Phi) is 4.50. The van der Waals surface area contributed by atoms with E-state index in [1.165, 1.54) is 16.6 Å². The molecule has 0 N–H and O–H groups in total. The second-order valence-electron chi connectivity index (χ2n) is 6.21. The maximum atomic E-state index is 4.52. The Balaban J connectivity index is 1.49. The van der Waals surface area contributed by atoms with Gasteiger partial charge in [-0.15, -0.1) is 0 Å². The maximum Gasteiger partial charge on any atom is 0.0864 e. The number of anilines is 1. The molecule has 2 heterocycles. The number of nitrogens with zero attached hydrogens (tertiary/aromatic N) is 3. The van der Waals surface area contributed by atoms with E-state index in [9.17, 15) is 0 Å². The van der Waals surface area contributed by atoms with Crippen molar-refractivity contribution in [2.45, 2.75) is 6.54 Å². The third kappa shape index (κ3) is 3.17. The zero-order valence-electron chi connectivity index (χ0n) is 13.5. The van der Waals surface area contributed by atoms with Crippen molar-refractivity contribution in [1.29, 1.82) is 0 Å². The van der Waals surface area contributed by atoms with Gasteiger partial charge < -0.3 is 4.90 Å². The van der Waals surface area contributed by atoms with Gasteiger partial charge in [-0.05, 0) is 33.6 Å². The summed E-state index contributed by atoms with van der Waals surface area (Å²) in [6, 6.07) is 19.2. The Morgan fingerprint density at radius 3 is 2.46 bits per heavy atom. The minimum Gasteiger partial charge on any atom is -0.368 e. The van der Waals surface area contributed by atoms with Gasteiger partial charge in [0.15, 0.2) is 0 Å². The first kappa shape index (κ1) is 15.6. The summed E-state index contributed by atoms with van der Waals surface area (Å²) >= 11 is 3.61. The van der Waals surface area contributed by atoms with Crippen LogP contribution in [-0.2, 0) is 6.54 Å². The number of benzene rings is 2. The fraction of sp³-hybridized carbons (Fsp3) is 0.250. The molecule has 0 radical (unpaired) electrons. The number of aromatic nitrogens is 1. The van der Waals surface area contributed by atoms with Crippen molar-refractivity contribution in [3.63, 3.8) is 0 Å². The van der Waals surface area contributed by atoms with E-state index in [0.717, 1.165) is 42.7 Å². The molecule has 3 nitrogen and oxygen atoms in total. The molecule has 0 bridgehead atoms. The summed E-state index contributed by atoms with van der Waals surface area (Å²) in [5.74, 6) is 0. The second-order valence-corrected chi connectivity index (χ2v) is 7.07. The van der Waals surface area contributed by atoms with Gasteiger partial charge >= 0.3 is 0 Å². The van der Waals surface area contributed by atoms with Gasteiger partial charge in [0.2, 0.25) is 0 Å². The quantitative estimate of drug-likeness (QED) is 0.673. The molecule has 2 aromatic carbocycles. The molecule has 3 aromatic rings. The fourth-order valence-electron chi connectivity index (χ4n) is 3.39. The predicted molar refractivity (Wildman–Crippen MR) is 103 cm³/mol. The molecule has 0 amide bonds. The molecule has 24 heavy (non-hydrogen) atoms. The highest BCUT2D eigenvalue weighted by molar-refractivity contribution is 9.10. The lowest BCUT2D eigenvalue weighted by molar-refractivity contribution is 0.250. The Morgan fingerprint density at radius 1 is 0.875 bits per heavy atom. The van der Waals surface area contributed by atoms with Gasteiger partial charge in [0.25, 0.3) is 0 Å². The molecule has 4 heteroatoms. The summed E-state index contributed by atoms with van der Waals surface area (Å²) < 4.78 is 1.06. The van der Waals surface area contributed by atoms with E-state index < -0.39 is 0 Å². The molecule has 0 atom stereocenters. The third-order valence-electron chi connectivity index (χ3n) is 4.66. The number of piperazine rings is 1. The Morgan fingerprint density at radius 2 is 1.67 bits per heavy atom. The highest BCUT2D eigenvalue weighted by atomic mass is 79.9. The Bertz CT molecular complexity index is 827. The summed E-state index contributed by atoms with van der Waals surface area (Å²) in [5, 5.41) is 1.23. The first-order valence-corrected chi connectivity index (χ1v) is 9.15. The number of pyridine rings is 1. The van der Waals surface area contributed by atoms with E-state index in [-0.39, 0.29) is 0 Å². The molecule has 0 unspecified atom stereocenters. The van der Waals surface area contributed by atoms with E-state index in [0.29, 0.717) is 0 Å². The van der Waals surface area contributed by atoms with Gasteiger partial charge in [-0.25, -0.2) is 0 Å². The molecule has 122 valence electrons. The lowest BCUT2D eigenvalue weighted by Gasteiger charge is -2.36. The van der Waals surface area contributed by atoms with Crippen LogP contribution in [0.4, 0.5) is 5.69 Å². The van der Waals surface area contributed by atoms with Gasteiger partial charge in [0.05, 0.1) is 5.52 Å². The molecular weight excluding hydrogens is 362 g/mol. The number of rotatable bonds is 3. The van der Waals surface area contributed by atoms with Crippen molar-refractivity contribution in [2.75, 3.05) is 31.1 Å². The molecule has 1 aliphatic heterocycles. The maximum absolute atomic E-state index is 4.52. The van der Waals surface area contributed by atoms with Crippen LogP contribution in [0.25, 0.3) is 10.9 Å². The van der Waals surface area contributed by atoms with Crippen LogP contribution in [0.15, 0.2) is 65.3 Å². The van der Waals surface area contributed by atoms with Crippen LogP contribution in [0.3, 0.4) is 0 Å². The summed E-state index contributed by atoms with van der Waals surface area (Å²) in [5.41, 5.74) is 3.73. The number of halogens is 1. The van der Waals surface area contributed by atoms with E-state index in [1.807, 2.05) is 6.20 Å². The molecule has 0 aliphatic carbocycles. The van der Waals surface area contributed by atoms with Crippen LogP contribution in [0.2, 0.25) is 0 Å². The SMILES string of the molecule is Brc1cccc2c(N3CCN(Cc4ccccc4)CC3)ccnc12. The summed E-state index contributed by atoms with van der Waals surface area (Å²) in [6.07, 6.45) is 1.92. The molecule has 1 aromatic heterocycles. The standard InChI is InChI=1S/C20H20BrN3/c21-18-8-4-7-17-19(9-10-22-20(17)18)24-13-11-23(12-14-24)15-16-5-2-1-3-6-16/h1-10H,11-15H2. The number of para-hydroxylation sites is 1. The van der Waals surface area contributed by atoms with Gasteiger partial charge in [-0.1, -0.05) is 42.5 Å². The van der Waals surface area contributed by atoms with Gasteiger partial charge in [0, 0.05) is 54.5 Å². The molecule has 4 rings (SSSR count). The zero-order valence-corrected chi connectivity index (χ0v) is 15.1. The molecule has 1 saturated heterocycles. The number of hydrogen-bond donors (Lipinski definition) is 0. The summed E-state index contributed by atoms with van der Waals surface area (Å²) in [4.78, 5) is 9.54.